The Balaban J connectivity index is 1.96. The summed E-state index contributed by atoms with van der Waals surface area (Å²) in [5, 5.41) is 3.28. The molecule has 0 saturated carbocycles. The van der Waals surface area contributed by atoms with Crippen LogP contribution in [0.4, 0.5) is 5.69 Å². The molecule has 0 aliphatic heterocycles. The number of halogens is 1. The average molecular weight is 380 g/mol. The van der Waals surface area contributed by atoms with E-state index < -0.39 is 0 Å². The highest BCUT2D eigenvalue weighted by Crippen LogP contribution is 2.35. The molecule has 2 aromatic rings. The molecule has 2 rings (SSSR count). The highest BCUT2D eigenvalue weighted by atomic mass is 35.5. The van der Waals surface area contributed by atoms with E-state index in [1.165, 1.54) is 30.9 Å². The van der Waals surface area contributed by atoms with Crippen molar-refractivity contribution in [1.82, 2.24) is 0 Å². The molecule has 134 valence electrons. The molecule has 1 N–H and O–H groups in total. The smallest absolute Gasteiger partial charge is 0.234 e. The quantitative estimate of drug-likeness (QED) is 0.747. The molecule has 0 aromatic heterocycles. The van der Waals surface area contributed by atoms with Crippen molar-refractivity contribution in [3.05, 3.63) is 52.0 Å². The predicted octanol–water partition coefficient (Wildman–Crippen LogP) is 4.85. The van der Waals surface area contributed by atoms with Crippen molar-refractivity contribution in [1.29, 1.82) is 0 Å². The zero-order chi connectivity index (χ0) is 18.4. The van der Waals surface area contributed by atoms with Gasteiger partial charge >= 0.3 is 0 Å². The number of ether oxygens (including phenoxy) is 2. The van der Waals surface area contributed by atoms with Gasteiger partial charge in [-0.25, -0.2) is 0 Å². The second-order valence-electron chi connectivity index (χ2n) is 5.72. The molecule has 25 heavy (non-hydrogen) atoms. The zero-order valence-corrected chi connectivity index (χ0v) is 16.4. The van der Waals surface area contributed by atoms with Gasteiger partial charge in [0.15, 0.2) is 0 Å². The third-order valence-corrected chi connectivity index (χ3v) is 4.83. The van der Waals surface area contributed by atoms with Gasteiger partial charge < -0.3 is 14.8 Å². The zero-order valence-electron chi connectivity index (χ0n) is 14.8. The van der Waals surface area contributed by atoms with Crippen molar-refractivity contribution in [3.63, 3.8) is 0 Å². The van der Waals surface area contributed by atoms with E-state index in [-0.39, 0.29) is 5.91 Å². The molecule has 0 unspecified atom stereocenters. The minimum atomic E-state index is -0.1000. The van der Waals surface area contributed by atoms with Gasteiger partial charge in [0.2, 0.25) is 5.91 Å². The largest absolute Gasteiger partial charge is 0.495 e. The molecule has 0 spiro atoms. The number of nitrogens with one attached hydrogen (secondary N) is 1. The molecule has 0 fully saturated rings. The number of benzene rings is 2. The number of hydrogen-bond acceptors (Lipinski definition) is 4. The Kier molecular flexibility index (Phi) is 7.02. The Morgan fingerprint density at radius 2 is 1.68 bits per heavy atom. The number of carbonyl (C=O) groups excluding carboxylic acids is 1. The van der Waals surface area contributed by atoms with Gasteiger partial charge in [0.05, 0.1) is 30.7 Å². The first-order valence-corrected chi connectivity index (χ1v) is 9.32. The van der Waals surface area contributed by atoms with Crippen molar-refractivity contribution in [3.8, 4) is 11.5 Å². The van der Waals surface area contributed by atoms with Gasteiger partial charge in [-0.3, -0.25) is 4.79 Å². The predicted molar refractivity (Wildman–Crippen MR) is 105 cm³/mol. The molecule has 0 atom stereocenters. The van der Waals surface area contributed by atoms with Crippen LogP contribution < -0.4 is 14.8 Å². The maximum Gasteiger partial charge on any atom is 0.234 e. The lowest BCUT2D eigenvalue weighted by atomic mass is 10.1. The van der Waals surface area contributed by atoms with Gasteiger partial charge in [0, 0.05) is 17.9 Å². The molecule has 0 bridgehead atoms. The molecule has 1 amide bonds. The summed E-state index contributed by atoms with van der Waals surface area (Å²) in [5.41, 5.74) is 4.23. The highest BCUT2D eigenvalue weighted by molar-refractivity contribution is 7.99. The third kappa shape index (κ3) is 5.58. The Bertz CT molecular complexity index is 744. The van der Waals surface area contributed by atoms with Crippen molar-refractivity contribution >= 4 is 35.0 Å². The van der Waals surface area contributed by atoms with Crippen LogP contribution in [-0.4, -0.2) is 25.9 Å². The van der Waals surface area contributed by atoms with E-state index in [1.807, 2.05) is 0 Å². The summed E-state index contributed by atoms with van der Waals surface area (Å²) < 4.78 is 10.4. The maximum absolute atomic E-state index is 12.2. The summed E-state index contributed by atoms with van der Waals surface area (Å²) in [7, 11) is 3.06. The fourth-order valence-corrected chi connectivity index (χ4v) is 3.55. The Morgan fingerprint density at radius 3 is 2.28 bits per heavy atom. The Labute approximate surface area is 157 Å². The fourth-order valence-electron chi connectivity index (χ4n) is 2.56. The molecular weight excluding hydrogens is 358 g/mol. The van der Waals surface area contributed by atoms with Crippen LogP contribution in [0.25, 0.3) is 0 Å². The molecular formula is C19H22ClNO3S. The van der Waals surface area contributed by atoms with Gasteiger partial charge in [-0.1, -0.05) is 40.9 Å². The maximum atomic E-state index is 12.2. The number of anilines is 1. The molecule has 4 nitrogen and oxygen atoms in total. The summed E-state index contributed by atoms with van der Waals surface area (Å²) >= 11 is 7.64. The van der Waals surface area contributed by atoms with E-state index in [0.29, 0.717) is 28.0 Å². The number of aryl methyl sites for hydroxylation is 2. The SMILES string of the molecule is COc1cc(NC(=O)CSCc2cc(C)cc(C)c2)c(OC)cc1Cl. The first-order chi connectivity index (χ1) is 11.9. The van der Waals surface area contributed by atoms with Gasteiger partial charge in [-0.2, -0.15) is 0 Å². The van der Waals surface area contributed by atoms with E-state index >= 15 is 0 Å². The molecule has 0 aliphatic rings. The van der Waals surface area contributed by atoms with Crippen LogP contribution >= 0.6 is 23.4 Å². The molecule has 0 aliphatic carbocycles. The van der Waals surface area contributed by atoms with Crippen molar-refractivity contribution in [2.75, 3.05) is 25.3 Å². The first kappa shape index (κ1) is 19.5. The average Bonchev–Trinajstić information content (AvgIpc) is 2.55. The van der Waals surface area contributed by atoms with Gasteiger partial charge in [0.1, 0.15) is 11.5 Å². The summed E-state index contributed by atoms with van der Waals surface area (Å²) in [4.78, 5) is 12.2. The molecule has 0 radical (unpaired) electrons. The second kappa shape index (κ2) is 9.02. The van der Waals surface area contributed by atoms with Gasteiger partial charge in [-0.05, 0) is 19.4 Å². The fraction of sp³-hybridized carbons (Fsp3) is 0.316. The summed E-state index contributed by atoms with van der Waals surface area (Å²) in [6.07, 6.45) is 0. The molecule has 0 saturated heterocycles. The highest BCUT2D eigenvalue weighted by Gasteiger charge is 2.12. The van der Waals surface area contributed by atoms with Gasteiger partial charge in [0.25, 0.3) is 0 Å². The monoisotopic (exact) mass is 379 g/mol. The summed E-state index contributed by atoms with van der Waals surface area (Å²) in [6, 6.07) is 9.71. The van der Waals surface area contributed by atoms with Crippen LogP contribution in [0.15, 0.2) is 30.3 Å². The minimum absolute atomic E-state index is 0.1000. The Morgan fingerprint density at radius 1 is 1.04 bits per heavy atom. The van der Waals surface area contributed by atoms with Gasteiger partial charge in [-0.15, -0.1) is 11.8 Å². The summed E-state index contributed by atoms with van der Waals surface area (Å²) in [6.45, 7) is 4.15. The van der Waals surface area contributed by atoms with E-state index in [9.17, 15) is 4.79 Å². The van der Waals surface area contributed by atoms with Crippen LogP contribution in [0, 0.1) is 13.8 Å². The lowest BCUT2D eigenvalue weighted by Gasteiger charge is -2.13. The van der Waals surface area contributed by atoms with Crippen LogP contribution in [0.2, 0.25) is 5.02 Å². The lowest BCUT2D eigenvalue weighted by Crippen LogP contribution is -2.15. The van der Waals surface area contributed by atoms with Crippen molar-refractivity contribution in [2.24, 2.45) is 0 Å². The van der Waals surface area contributed by atoms with Crippen molar-refractivity contribution in [2.45, 2.75) is 19.6 Å². The number of carbonyl (C=O) groups is 1. The topological polar surface area (TPSA) is 47.6 Å². The molecule has 2 aromatic carbocycles. The third-order valence-electron chi connectivity index (χ3n) is 3.53. The first-order valence-electron chi connectivity index (χ1n) is 7.79. The van der Waals surface area contributed by atoms with E-state index in [0.717, 1.165) is 5.75 Å². The number of rotatable bonds is 7. The second-order valence-corrected chi connectivity index (χ2v) is 7.12. The Hall–Kier alpha value is -1.85. The number of amides is 1. The lowest BCUT2D eigenvalue weighted by molar-refractivity contribution is -0.113. The van der Waals surface area contributed by atoms with E-state index in [2.05, 4.69) is 37.4 Å². The normalized spacial score (nSPS) is 10.4. The molecule has 0 heterocycles. The van der Waals surface area contributed by atoms with Crippen molar-refractivity contribution < 1.29 is 14.3 Å². The van der Waals surface area contributed by atoms with Crippen LogP contribution in [0.1, 0.15) is 16.7 Å². The van der Waals surface area contributed by atoms with E-state index in [1.54, 1.807) is 23.9 Å². The van der Waals surface area contributed by atoms with Crippen LogP contribution in [-0.2, 0) is 10.5 Å². The standard InChI is InChI=1S/C19H22ClNO3S/c1-12-5-13(2)7-14(6-12)10-25-11-19(22)21-16-9-17(23-3)15(20)8-18(16)24-4/h5-9H,10-11H2,1-4H3,(H,21,22). The number of hydrogen-bond donors (Lipinski definition) is 1. The number of thioether (sulfide) groups is 1. The molecule has 6 heteroatoms. The minimum Gasteiger partial charge on any atom is -0.495 e. The van der Waals surface area contributed by atoms with Crippen LogP contribution in [0.3, 0.4) is 0 Å². The summed E-state index contributed by atoms with van der Waals surface area (Å²) in [5.74, 6) is 2.02. The van der Waals surface area contributed by atoms with Crippen LogP contribution in [0.5, 0.6) is 11.5 Å². The number of methoxy groups -OCH3 is 2. The van der Waals surface area contributed by atoms with E-state index in [4.69, 9.17) is 21.1 Å².